The van der Waals surface area contributed by atoms with Crippen LogP contribution in [0.4, 0.5) is 34.1 Å². The highest BCUT2D eigenvalue weighted by Gasteiger charge is 2.37. The van der Waals surface area contributed by atoms with Gasteiger partial charge in [0.1, 0.15) is 0 Å². The second kappa shape index (κ2) is 16.1. The molecule has 0 atom stereocenters. The van der Waals surface area contributed by atoms with Gasteiger partial charge in [0.25, 0.3) is 0 Å². The summed E-state index contributed by atoms with van der Waals surface area (Å²) in [5, 5.41) is 2.43. The van der Waals surface area contributed by atoms with Gasteiger partial charge in [-0.25, -0.2) is 0 Å². The summed E-state index contributed by atoms with van der Waals surface area (Å²) in [6, 6.07) is 86.4. The molecule has 0 N–H and O–H groups in total. The molecule has 0 bridgehead atoms. The lowest BCUT2D eigenvalue weighted by Gasteiger charge is -2.32. The van der Waals surface area contributed by atoms with Crippen LogP contribution in [0, 0.1) is 6.92 Å². The summed E-state index contributed by atoms with van der Waals surface area (Å²) in [6.45, 7) is 7.00. The summed E-state index contributed by atoms with van der Waals surface area (Å²) in [4.78, 5) is 4.87. The Morgan fingerprint density at radius 2 is 0.828 bits per heavy atom. The number of aryl methyl sites for hydroxylation is 1. The average molecular weight is 821 g/mol. The van der Waals surface area contributed by atoms with E-state index in [1.54, 1.807) is 0 Å². The number of hydrogen-bond donors (Lipinski definition) is 0. The lowest BCUT2D eigenvalue weighted by molar-refractivity contribution is 0.660. The molecule has 0 aliphatic heterocycles. The van der Waals surface area contributed by atoms with Crippen LogP contribution in [0.25, 0.3) is 55.3 Å². The first-order chi connectivity index (χ1) is 31.4. The van der Waals surface area contributed by atoms with Crippen molar-refractivity contribution in [1.82, 2.24) is 0 Å². The van der Waals surface area contributed by atoms with Gasteiger partial charge in [0, 0.05) is 39.4 Å². The highest BCUT2D eigenvalue weighted by Crippen LogP contribution is 2.53. The molecule has 64 heavy (non-hydrogen) atoms. The first-order valence-electron chi connectivity index (χ1n) is 22.3. The van der Waals surface area contributed by atoms with Crippen LogP contribution in [0.15, 0.2) is 237 Å². The molecule has 10 aromatic carbocycles. The zero-order chi connectivity index (χ0) is 43.2. The summed E-state index contributed by atoms with van der Waals surface area (Å²) in [5.74, 6) is 0. The third-order valence-corrected chi connectivity index (χ3v) is 13.2. The molecule has 0 radical (unpaired) electrons. The van der Waals surface area contributed by atoms with E-state index in [1.165, 1.54) is 72.0 Å². The Kier molecular flexibility index (Phi) is 9.78. The molecule has 0 unspecified atom stereocenters. The fraction of sp³-hybridized carbons (Fsp3) is 0.0645. The standard InChI is InChI=1S/C62H48N2/c1-43-17-15-28-57-60(43)56-39-38-54(42-58(56)62(57,2)3)64(59-40-33-48-22-13-14-27-55(48)61(59)49-23-11-6-12-24-49)53-26-16-25-52(41-53)63(50-34-29-46(30-35-50)44-18-7-4-8-19-44)51-36-31-47(32-37-51)45-20-9-5-10-21-45/h4-42H,1-3H3. The molecule has 1 aliphatic carbocycles. The van der Waals surface area contributed by atoms with Gasteiger partial charge < -0.3 is 9.80 Å². The van der Waals surface area contributed by atoms with Crippen molar-refractivity contribution < 1.29 is 0 Å². The number of nitrogens with zero attached hydrogens (tertiary/aromatic N) is 2. The predicted octanol–water partition coefficient (Wildman–Crippen LogP) is 17.4. The Balaban J connectivity index is 1.12. The molecule has 0 amide bonds. The van der Waals surface area contributed by atoms with Crippen LogP contribution in [0.5, 0.6) is 0 Å². The summed E-state index contributed by atoms with van der Waals surface area (Å²) in [5.41, 5.74) is 20.3. The van der Waals surface area contributed by atoms with Gasteiger partial charge in [-0.1, -0.05) is 190 Å². The Morgan fingerprint density at radius 1 is 0.328 bits per heavy atom. The zero-order valence-electron chi connectivity index (χ0n) is 36.4. The van der Waals surface area contributed by atoms with Gasteiger partial charge in [-0.2, -0.15) is 0 Å². The Bertz CT molecular complexity index is 3200. The molecular formula is C62H48N2. The summed E-state index contributed by atoms with van der Waals surface area (Å²) < 4.78 is 0. The van der Waals surface area contributed by atoms with Gasteiger partial charge in [0.2, 0.25) is 0 Å². The van der Waals surface area contributed by atoms with Gasteiger partial charge in [-0.15, -0.1) is 0 Å². The number of fused-ring (bicyclic) bond motifs is 4. The van der Waals surface area contributed by atoms with E-state index < -0.39 is 0 Å². The number of anilines is 6. The molecule has 2 nitrogen and oxygen atoms in total. The van der Waals surface area contributed by atoms with Gasteiger partial charge in [-0.3, -0.25) is 0 Å². The SMILES string of the molecule is Cc1cccc2c1-c1ccc(N(c3cccc(N(c4ccc(-c5ccccc5)cc4)c4ccc(-c5ccccc5)cc4)c3)c3ccc4ccccc4c3-c3ccccc3)cc1C2(C)C. The average Bonchev–Trinajstić information content (AvgIpc) is 3.59. The van der Waals surface area contributed by atoms with E-state index >= 15 is 0 Å². The van der Waals surface area contributed by atoms with Crippen LogP contribution in [0.1, 0.15) is 30.5 Å². The van der Waals surface area contributed by atoms with Crippen molar-refractivity contribution in [3.63, 3.8) is 0 Å². The third-order valence-electron chi connectivity index (χ3n) is 13.2. The quantitative estimate of drug-likeness (QED) is 0.143. The van der Waals surface area contributed by atoms with Gasteiger partial charge in [0.15, 0.2) is 0 Å². The Labute approximate surface area is 377 Å². The zero-order valence-corrected chi connectivity index (χ0v) is 36.4. The van der Waals surface area contributed by atoms with Crippen LogP contribution < -0.4 is 9.80 Å². The van der Waals surface area contributed by atoms with Crippen molar-refractivity contribution in [3.8, 4) is 44.5 Å². The summed E-state index contributed by atoms with van der Waals surface area (Å²) >= 11 is 0. The fourth-order valence-corrected chi connectivity index (χ4v) is 9.96. The largest absolute Gasteiger partial charge is 0.310 e. The lowest BCUT2D eigenvalue weighted by Crippen LogP contribution is -2.17. The van der Waals surface area contributed by atoms with Crippen molar-refractivity contribution in [2.24, 2.45) is 0 Å². The van der Waals surface area contributed by atoms with Gasteiger partial charge >= 0.3 is 0 Å². The van der Waals surface area contributed by atoms with Crippen LogP contribution >= 0.6 is 0 Å². The molecule has 10 aromatic rings. The monoisotopic (exact) mass is 820 g/mol. The highest BCUT2D eigenvalue weighted by molar-refractivity contribution is 6.05. The molecule has 0 spiro atoms. The topological polar surface area (TPSA) is 6.48 Å². The third kappa shape index (κ3) is 6.85. The van der Waals surface area contributed by atoms with E-state index in [4.69, 9.17) is 0 Å². The molecule has 306 valence electrons. The first kappa shape index (κ1) is 38.9. The number of rotatable bonds is 9. The molecule has 0 aromatic heterocycles. The van der Waals surface area contributed by atoms with Gasteiger partial charge in [0.05, 0.1) is 5.69 Å². The van der Waals surface area contributed by atoms with E-state index in [2.05, 4.69) is 267 Å². The highest BCUT2D eigenvalue weighted by atomic mass is 15.2. The summed E-state index contributed by atoms with van der Waals surface area (Å²) in [7, 11) is 0. The van der Waals surface area contributed by atoms with Crippen molar-refractivity contribution >= 4 is 44.9 Å². The molecule has 1 aliphatic rings. The molecular weight excluding hydrogens is 773 g/mol. The maximum absolute atomic E-state index is 2.49. The van der Waals surface area contributed by atoms with Crippen LogP contribution in [-0.2, 0) is 5.41 Å². The number of hydrogen-bond acceptors (Lipinski definition) is 2. The minimum absolute atomic E-state index is 0.166. The minimum atomic E-state index is -0.166. The smallest absolute Gasteiger partial charge is 0.0546 e. The fourth-order valence-electron chi connectivity index (χ4n) is 9.96. The minimum Gasteiger partial charge on any atom is -0.310 e. The van der Waals surface area contributed by atoms with Gasteiger partial charge in [-0.05, 0) is 134 Å². The normalized spacial score (nSPS) is 12.4. The maximum atomic E-state index is 2.49. The van der Waals surface area contributed by atoms with Crippen molar-refractivity contribution in [3.05, 3.63) is 253 Å². The van der Waals surface area contributed by atoms with E-state index in [0.29, 0.717) is 0 Å². The molecule has 2 heteroatoms. The molecule has 0 heterocycles. The van der Waals surface area contributed by atoms with E-state index in [9.17, 15) is 0 Å². The molecule has 11 rings (SSSR count). The van der Waals surface area contributed by atoms with Crippen molar-refractivity contribution in [2.75, 3.05) is 9.80 Å². The second-order valence-electron chi connectivity index (χ2n) is 17.4. The molecule has 0 saturated carbocycles. The lowest BCUT2D eigenvalue weighted by atomic mass is 9.82. The van der Waals surface area contributed by atoms with Crippen LogP contribution in [0.2, 0.25) is 0 Å². The first-order valence-corrected chi connectivity index (χ1v) is 22.3. The summed E-state index contributed by atoms with van der Waals surface area (Å²) in [6.07, 6.45) is 0. The number of benzene rings is 10. The van der Waals surface area contributed by atoms with E-state index in [-0.39, 0.29) is 5.41 Å². The second-order valence-corrected chi connectivity index (χ2v) is 17.4. The predicted molar refractivity (Wildman–Crippen MR) is 272 cm³/mol. The maximum Gasteiger partial charge on any atom is 0.0546 e. The molecule has 0 saturated heterocycles. The van der Waals surface area contributed by atoms with E-state index in [0.717, 1.165) is 34.1 Å². The molecule has 0 fully saturated rings. The van der Waals surface area contributed by atoms with Crippen molar-refractivity contribution in [2.45, 2.75) is 26.2 Å². The van der Waals surface area contributed by atoms with Crippen LogP contribution in [0.3, 0.4) is 0 Å². The van der Waals surface area contributed by atoms with Crippen LogP contribution in [-0.4, -0.2) is 0 Å². The Hall–Kier alpha value is -7.94. The van der Waals surface area contributed by atoms with E-state index in [1.807, 2.05) is 0 Å². The Morgan fingerprint density at radius 3 is 1.45 bits per heavy atom. The van der Waals surface area contributed by atoms with Crippen molar-refractivity contribution in [1.29, 1.82) is 0 Å².